The highest BCUT2D eigenvalue weighted by Crippen LogP contribution is 2.18. The van der Waals surface area contributed by atoms with Crippen molar-refractivity contribution in [1.29, 1.82) is 0 Å². The number of benzene rings is 1. The minimum Gasteiger partial charge on any atom is -0.372 e. The van der Waals surface area contributed by atoms with E-state index in [1.165, 1.54) is 6.07 Å². The Bertz CT molecular complexity index is 701. The van der Waals surface area contributed by atoms with Crippen molar-refractivity contribution >= 4 is 17.3 Å². The predicted molar refractivity (Wildman–Crippen MR) is 89.8 cm³/mol. The number of carbonyl (C=O) groups excluding carboxylic acids is 1. The van der Waals surface area contributed by atoms with E-state index in [4.69, 9.17) is 0 Å². The molecular formula is C17H21N3O2. The molecule has 2 rings (SSSR count). The number of amides is 1. The van der Waals surface area contributed by atoms with Crippen molar-refractivity contribution in [3.63, 3.8) is 0 Å². The maximum absolute atomic E-state index is 12.1. The van der Waals surface area contributed by atoms with E-state index in [0.717, 1.165) is 24.5 Å². The first-order valence-corrected chi connectivity index (χ1v) is 7.41. The molecule has 5 heteroatoms. The zero-order chi connectivity index (χ0) is 16.1. The summed E-state index contributed by atoms with van der Waals surface area (Å²) in [6.45, 7) is 7.84. The topological polar surface area (TPSA) is 65.2 Å². The molecule has 0 unspecified atom stereocenters. The second-order valence-corrected chi connectivity index (χ2v) is 5.06. The number of aromatic amines is 1. The average Bonchev–Trinajstić information content (AvgIpc) is 2.50. The van der Waals surface area contributed by atoms with Crippen molar-refractivity contribution in [2.75, 3.05) is 23.3 Å². The summed E-state index contributed by atoms with van der Waals surface area (Å²) in [6.07, 6.45) is 0. The molecule has 5 nitrogen and oxygen atoms in total. The first-order valence-electron chi connectivity index (χ1n) is 7.41. The van der Waals surface area contributed by atoms with Crippen molar-refractivity contribution in [2.45, 2.75) is 20.8 Å². The molecule has 116 valence electrons. The number of pyridine rings is 1. The van der Waals surface area contributed by atoms with Gasteiger partial charge in [-0.2, -0.15) is 0 Å². The number of carbonyl (C=O) groups is 1. The fourth-order valence-electron chi connectivity index (χ4n) is 2.29. The lowest BCUT2D eigenvalue weighted by Crippen LogP contribution is -2.23. The van der Waals surface area contributed by atoms with Crippen molar-refractivity contribution in [3.05, 3.63) is 58.0 Å². The van der Waals surface area contributed by atoms with E-state index in [2.05, 4.69) is 29.0 Å². The van der Waals surface area contributed by atoms with Crippen LogP contribution in [0.4, 0.5) is 11.4 Å². The molecule has 0 radical (unpaired) electrons. The summed E-state index contributed by atoms with van der Waals surface area (Å²) in [5.41, 5.74) is 2.23. The Balaban J connectivity index is 2.13. The summed E-state index contributed by atoms with van der Waals surface area (Å²) in [4.78, 5) is 28.7. The predicted octanol–water partition coefficient (Wildman–Crippen LogP) is 2.78. The lowest BCUT2D eigenvalue weighted by molar-refractivity contribution is 0.102. The fraction of sp³-hybridized carbons (Fsp3) is 0.294. The highest BCUT2D eigenvalue weighted by molar-refractivity contribution is 6.04. The first kappa shape index (κ1) is 15.8. The van der Waals surface area contributed by atoms with Gasteiger partial charge in [0.1, 0.15) is 5.56 Å². The van der Waals surface area contributed by atoms with Crippen LogP contribution in [0, 0.1) is 6.92 Å². The molecule has 0 bridgehead atoms. The summed E-state index contributed by atoms with van der Waals surface area (Å²) in [7, 11) is 0. The fourth-order valence-corrected chi connectivity index (χ4v) is 2.29. The summed E-state index contributed by atoms with van der Waals surface area (Å²) < 4.78 is 0. The number of nitrogens with one attached hydrogen (secondary N) is 2. The molecule has 0 aliphatic heterocycles. The SMILES string of the molecule is CCN(CC)c1ccc(NC(=O)c2ccc(C)[nH]c2=O)cc1. The third-order valence-electron chi connectivity index (χ3n) is 3.55. The minimum atomic E-state index is -0.406. The maximum Gasteiger partial charge on any atom is 0.261 e. The van der Waals surface area contributed by atoms with Gasteiger partial charge < -0.3 is 15.2 Å². The van der Waals surface area contributed by atoms with Crippen molar-refractivity contribution < 1.29 is 4.79 Å². The Kier molecular flexibility index (Phi) is 4.99. The maximum atomic E-state index is 12.1. The van der Waals surface area contributed by atoms with E-state index >= 15 is 0 Å². The molecule has 1 amide bonds. The number of anilines is 2. The van der Waals surface area contributed by atoms with Gasteiger partial charge in [0.2, 0.25) is 0 Å². The number of nitrogens with zero attached hydrogens (tertiary/aromatic N) is 1. The number of aromatic nitrogens is 1. The summed E-state index contributed by atoms with van der Waals surface area (Å²) in [6, 6.07) is 10.8. The van der Waals surface area contributed by atoms with E-state index in [0.29, 0.717) is 5.69 Å². The number of hydrogen-bond donors (Lipinski definition) is 2. The van der Waals surface area contributed by atoms with Crippen LogP contribution < -0.4 is 15.8 Å². The Morgan fingerprint density at radius 1 is 1.09 bits per heavy atom. The molecule has 22 heavy (non-hydrogen) atoms. The van der Waals surface area contributed by atoms with Crippen LogP contribution in [0.15, 0.2) is 41.2 Å². The highest BCUT2D eigenvalue weighted by atomic mass is 16.2. The van der Waals surface area contributed by atoms with E-state index in [9.17, 15) is 9.59 Å². The minimum absolute atomic E-state index is 0.110. The second-order valence-electron chi connectivity index (χ2n) is 5.06. The van der Waals surface area contributed by atoms with Gasteiger partial charge in [0.25, 0.3) is 11.5 Å². The Hall–Kier alpha value is -2.56. The van der Waals surface area contributed by atoms with Gasteiger partial charge in [0, 0.05) is 30.2 Å². The quantitative estimate of drug-likeness (QED) is 0.892. The molecular weight excluding hydrogens is 278 g/mol. The van der Waals surface area contributed by atoms with Crippen molar-refractivity contribution in [1.82, 2.24) is 4.98 Å². The monoisotopic (exact) mass is 299 g/mol. The molecule has 0 spiro atoms. The molecule has 0 aliphatic carbocycles. The van der Waals surface area contributed by atoms with Gasteiger partial charge in [0.05, 0.1) is 0 Å². The molecule has 0 aliphatic rings. The van der Waals surface area contributed by atoms with Gasteiger partial charge in [-0.05, 0) is 57.2 Å². The summed E-state index contributed by atoms with van der Waals surface area (Å²) in [5.74, 6) is -0.406. The zero-order valence-corrected chi connectivity index (χ0v) is 13.1. The standard InChI is InChI=1S/C17H21N3O2/c1-4-20(5-2)14-9-7-13(8-10-14)19-17(22)15-11-6-12(3)18-16(15)21/h6-11H,4-5H2,1-3H3,(H,18,21)(H,19,22). The summed E-state index contributed by atoms with van der Waals surface area (Å²) in [5, 5.41) is 2.74. The molecule has 2 N–H and O–H groups in total. The van der Waals surface area contributed by atoms with E-state index in [1.54, 1.807) is 13.0 Å². The smallest absolute Gasteiger partial charge is 0.261 e. The van der Waals surface area contributed by atoms with Crippen molar-refractivity contribution in [2.24, 2.45) is 0 Å². The average molecular weight is 299 g/mol. The normalized spacial score (nSPS) is 10.3. The van der Waals surface area contributed by atoms with Crippen LogP contribution in [-0.2, 0) is 0 Å². The van der Waals surface area contributed by atoms with Crippen LogP contribution in [0.1, 0.15) is 29.9 Å². The Morgan fingerprint density at radius 2 is 1.73 bits per heavy atom. The Labute approximate surface area is 130 Å². The molecule has 1 aromatic heterocycles. The van der Waals surface area contributed by atoms with Gasteiger partial charge in [0.15, 0.2) is 0 Å². The third-order valence-corrected chi connectivity index (χ3v) is 3.55. The molecule has 1 heterocycles. The van der Waals surface area contributed by atoms with Crippen LogP contribution >= 0.6 is 0 Å². The summed E-state index contributed by atoms with van der Waals surface area (Å²) >= 11 is 0. The largest absolute Gasteiger partial charge is 0.372 e. The van der Waals surface area contributed by atoms with Crippen LogP contribution in [0.25, 0.3) is 0 Å². The lowest BCUT2D eigenvalue weighted by atomic mass is 10.2. The third kappa shape index (κ3) is 3.55. The van der Waals surface area contributed by atoms with E-state index in [-0.39, 0.29) is 11.1 Å². The van der Waals surface area contributed by atoms with E-state index in [1.807, 2.05) is 24.3 Å². The van der Waals surface area contributed by atoms with Gasteiger partial charge in [-0.3, -0.25) is 9.59 Å². The first-order chi connectivity index (χ1) is 10.5. The van der Waals surface area contributed by atoms with Crippen LogP contribution in [0.3, 0.4) is 0 Å². The van der Waals surface area contributed by atoms with Gasteiger partial charge in [-0.25, -0.2) is 0 Å². The van der Waals surface area contributed by atoms with Crippen LogP contribution in [0.2, 0.25) is 0 Å². The number of rotatable bonds is 5. The van der Waals surface area contributed by atoms with Gasteiger partial charge >= 0.3 is 0 Å². The number of hydrogen-bond acceptors (Lipinski definition) is 3. The highest BCUT2D eigenvalue weighted by Gasteiger charge is 2.11. The molecule has 0 atom stereocenters. The lowest BCUT2D eigenvalue weighted by Gasteiger charge is -2.21. The van der Waals surface area contributed by atoms with Crippen molar-refractivity contribution in [3.8, 4) is 0 Å². The second kappa shape index (κ2) is 6.93. The van der Waals surface area contributed by atoms with E-state index < -0.39 is 5.91 Å². The number of aryl methyl sites for hydroxylation is 1. The van der Waals surface area contributed by atoms with Gasteiger partial charge in [-0.15, -0.1) is 0 Å². The molecule has 0 fully saturated rings. The van der Waals surface area contributed by atoms with Gasteiger partial charge in [-0.1, -0.05) is 0 Å². The Morgan fingerprint density at radius 3 is 2.27 bits per heavy atom. The van der Waals surface area contributed by atoms with Crippen LogP contribution in [-0.4, -0.2) is 24.0 Å². The zero-order valence-electron chi connectivity index (χ0n) is 13.1. The molecule has 1 aromatic carbocycles. The number of H-pyrrole nitrogens is 1. The molecule has 0 saturated carbocycles. The molecule has 2 aromatic rings. The molecule has 0 saturated heterocycles. The van der Waals surface area contributed by atoms with Crippen LogP contribution in [0.5, 0.6) is 0 Å².